The molecule has 0 aliphatic rings. The van der Waals surface area contributed by atoms with Gasteiger partial charge in [0.05, 0.1) is 0 Å². The molecule has 0 amide bonds. The van der Waals surface area contributed by atoms with Crippen molar-refractivity contribution in [3.8, 4) is 15.8 Å². The molecular weight excluding hydrogens is 371 g/mol. The van der Waals surface area contributed by atoms with Gasteiger partial charge in [-0.15, -0.1) is 0 Å². The molecule has 2 aromatic carbocycles. The Kier molecular flexibility index (Phi) is 4.00. The van der Waals surface area contributed by atoms with Crippen molar-refractivity contribution in [3.63, 3.8) is 0 Å². The van der Waals surface area contributed by atoms with E-state index in [0.717, 1.165) is 10.3 Å². The summed E-state index contributed by atoms with van der Waals surface area (Å²) in [6.45, 7) is 0. The summed E-state index contributed by atoms with van der Waals surface area (Å²) in [5.41, 5.74) is 1.29. The van der Waals surface area contributed by atoms with Crippen LogP contribution in [0.1, 0.15) is 0 Å². The average molecular weight is 385 g/mol. The maximum absolute atomic E-state index is 5.24. The van der Waals surface area contributed by atoms with Crippen LogP contribution >= 0.6 is 11.8 Å². The number of methoxy groups -OCH3 is 1. The minimum atomic E-state index is 0.236. The number of nitrogens with zero attached hydrogens (tertiary/aromatic N) is 2. The third-order valence-electron chi connectivity index (χ3n) is 3.52. The number of fused-ring (bicyclic) bond motifs is 1. The van der Waals surface area contributed by atoms with E-state index in [0.29, 0.717) is 0 Å². The van der Waals surface area contributed by atoms with Crippen LogP contribution in [0.4, 0.5) is 0 Å². The molecule has 2 heterocycles. The normalized spacial score (nSPS) is 11.0. The van der Waals surface area contributed by atoms with Crippen LogP contribution in [-0.2, 0) is 0 Å². The zero-order valence-corrected chi connectivity index (χ0v) is 15.0. The van der Waals surface area contributed by atoms with E-state index in [2.05, 4.69) is 58.0 Å². The van der Waals surface area contributed by atoms with Crippen molar-refractivity contribution < 1.29 is 4.74 Å². The summed E-state index contributed by atoms with van der Waals surface area (Å²) in [7, 11) is 1.69. The van der Waals surface area contributed by atoms with Crippen molar-refractivity contribution in [3.05, 3.63) is 67.0 Å². The van der Waals surface area contributed by atoms with Crippen LogP contribution in [0.25, 0.3) is 14.5 Å². The van der Waals surface area contributed by atoms with E-state index in [1.807, 2.05) is 18.3 Å². The summed E-state index contributed by atoms with van der Waals surface area (Å²) in [4.78, 5) is 5.71. The van der Waals surface area contributed by atoms with E-state index < -0.39 is 0 Å². The van der Waals surface area contributed by atoms with Gasteiger partial charge >= 0.3 is 145 Å². The Balaban J connectivity index is 1.79. The van der Waals surface area contributed by atoms with Crippen molar-refractivity contribution >= 4 is 30.8 Å². The summed E-state index contributed by atoms with van der Waals surface area (Å²) in [5.74, 6) is 0.880. The number of ether oxygens (including phenoxy) is 1. The van der Waals surface area contributed by atoms with Gasteiger partial charge in [-0.05, 0) is 0 Å². The number of imidazole rings is 1. The summed E-state index contributed by atoms with van der Waals surface area (Å²) < 4.78 is 10.0. The Hall–Kier alpha value is -1.94. The Morgan fingerprint density at radius 2 is 1.83 bits per heavy atom. The second-order valence-corrected chi connectivity index (χ2v) is 8.07. The Morgan fingerprint density at radius 1 is 1.04 bits per heavy atom. The van der Waals surface area contributed by atoms with Gasteiger partial charge in [0.15, 0.2) is 0 Å². The summed E-state index contributed by atoms with van der Waals surface area (Å²) in [6.07, 6.45) is 3.94. The zero-order valence-electron chi connectivity index (χ0n) is 12.5. The molecule has 4 rings (SSSR count). The Bertz CT molecular complexity index is 929. The molecule has 114 valence electrons. The zero-order chi connectivity index (χ0) is 15.6. The van der Waals surface area contributed by atoms with Crippen LogP contribution in [0, 0.1) is 0 Å². The van der Waals surface area contributed by atoms with Gasteiger partial charge in [0.1, 0.15) is 0 Å². The molecule has 0 atom stereocenters. The number of hydrogen-bond acceptors (Lipinski definition) is 3. The average Bonchev–Trinajstić information content (AvgIpc) is 3.19. The van der Waals surface area contributed by atoms with E-state index in [1.165, 1.54) is 19.9 Å². The maximum atomic E-state index is 5.24. The van der Waals surface area contributed by atoms with Gasteiger partial charge in [-0.3, -0.25) is 0 Å². The molecule has 2 aromatic heterocycles. The van der Waals surface area contributed by atoms with Crippen LogP contribution in [0.3, 0.4) is 0 Å². The van der Waals surface area contributed by atoms with Gasteiger partial charge in [-0.2, -0.15) is 0 Å². The van der Waals surface area contributed by atoms with E-state index in [9.17, 15) is 0 Å². The van der Waals surface area contributed by atoms with E-state index in [4.69, 9.17) is 4.74 Å². The van der Waals surface area contributed by atoms with Crippen LogP contribution in [-0.4, -0.2) is 31.0 Å². The molecule has 0 bridgehead atoms. The minimum absolute atomic E-state index is 0.236. The van der Waals surface area contributed by atoms with Gasteiger partial charge in [-0.25, -0.2) is 0 Å². The number of aromatic nitrogens is 2. The van der Waals surface area contributed by atoms with Crippen LogP contribution in [0.5, 0.6) is 5.75 Å². The summed E-state index contributed by atoms with van der Waals surface area (Å²) in [6, 6.07) is 18.8. The van der Waals surface area contributed by atoms with Gasteiger partial charge < -0.3 is 0 Å². The summed E-state index contributed by atoms with van der Waals surface area (Å²) in [5, 5.41) is 1.26. The third-order valence-corrected chi connectivity index (χ3v) is 7.26. The van der Waals surface area contributed by atoms with E-state index in [1.54, 1.807) is 18.9 Å². The fourth-order valence-corrected chi connectivity index (χ4v) is 6.02. The first-order valence-electron chi connectivity index (χ1n) is 7.18. The van der Waals surface area contributed by atoms with Crippen LogP contribution < -0.4 is 4.74 Å². The molecule has 5 heteroatoms. The molecular formula is C18H14N2OSSe. The van der Waals surface area contributed by atoms with Crippen molar-refractivity contribution in [1.29, 1.82) is 0 Å². The molecule has 0 aliphatic heterocycles. The van der Waals surface area contributed by atoms with Gasteiger partial charge in [0.25, 0.3) is 0 Å². The first-order valence-corrected chi connectivity index (χ1v) is 9.71. The number of benzene rings is 2. The fourth-order valence-electron chi connectivity index (χ4n) is 2.39. The van der Waals surface area contributed by atoms with Crippen molar-refractivity contribution in [2.24, 2.45) is 0 Å². The Morgan fingerprint density at radius 3 is 2.57 bits per heavy atom. The molecule has 23 heavy (non-hydrogen) atoms. The topological polar surface area (TPSA) is 26.5 Å². The summed E-state index contributed by atoms with van der Waals surface area (Å²) >= 11 is 2.02. The third kappa shape index (κ3) is 2.83. The first kappa shape index (κ1) is 14.6. The van der Waals surface area contributed by atoms with Crippen molar-refractivity contribution in [2.75, 3.05) is 7.11 Å². The Labute approximate surface area is 144 Å². The molecule has 0 saturated carbocycles. The molecule has 4 aromatic rings. The van der Waals surface area contributed by atoms with E-state index in [-0.39, 0.29) is 14.5 Å². The molecule has 0 unspecified atom stereocenters. The fraction of sp³-hybridized carbons (Fsp3) is 0.0556. The molecule has 3 nitrogen and oxygen atoms in total. The molecule has 0 N–H and O–H groups in total. The molecule has 0 fully saturated rings. The quantitative estimate of drug-likeness (QED) is 0.492. The molecule has 0 radical (unpaired) electrons. The molecule has 0 aliphatic carbocycles. The van der Waals surface area contributed by atoms with E-state index >= 15 is 0 Å². The molecule has 0 saturated heterocycles. The van der Waals surface area contributed by atoms with Gasteiger partial charge in [0, 0.05) is 0 Å². The van der Waals surface area contributed by atoms with Gasteiger partial charge in [0.2, 0.25) is 0 Å². The van der Waals surface area contributed by atoms with Crippen LogP contribution in [0.2, 0.25) is 0 Å². The number of hydrogen-bond donors (Lipinski definition) is 0. The number of rotatable bonds is 4. The second kappa shape index (κ2) is 6.28. The second-order valence-electron chi connectivity index (χ2n) is 4.96. The monoisotopic (exact) mass is 386 g/mol. The SMILES string of the molecule is COc1ccc(Sc2c(-c3ccccc3)[se]c3nccn23)cc1. The predicted octanol–water partition coefficient (Wildman–Crippen LogP) is 4.22. The van der Waals surface area contributed by atoms with Gasteiger partial charge in [-0.1, -0.05) is 0 Å². The van der Waals surface area contributed by atoms with Crippen molar-refractivity contribution in [1.82, 2.24) is 9.38 Å². The predicted molar refractivity (Wildman–Crippen MR) is 94.7 cm³/mol. The van der Waals surface area contributed by atoms with Crippen molar-refractivity contribution in [2.45, 2.75) is 9.92 Å². The van der Waals surface area contributed by atoms with Crippen LogP contribution in [0.15, 0.2) is 76.9 Å². The molecule has 0 spiro atoms. The first-order chi connectivity index (χ1) is 11.3. The standard InChI is InChI=1S/C18H14N2OSSe/c1-21-14-7-9-15(10-8-14)22-17-16(13-5-3-2-4-6-13)23-18-19-11-12-20(17)18/h2-12H,1H3.